The third-order valence-corrected chi connectivity index (χ3v) is 5.76. The molecule has 1 amide bonds. The largest absolute Gasteiger partial charge is 0.306 e. The normalized spacial score (nSPS) is 13.8. The average Bonchev–Trinajstić information content (AvgIpc) is 3.30. The van der Waals surface area contributed by atoms with Crippen LogP contribution in [0.3, 0.4) is 0 Å². The Morgan fingerprint density at radius 3 is 2.84 bits per heavy atom. The first-order valence-corrected chi connectivity index (χ1v) is 10.8. The lowest BCUT2D eigenvalue weighted by atomic mass is 10.1. The molecule has 160 valence electrons. The van der Waals surface area contributed by atoms with E-state index in [-0.39, 0.29) is 12.5 Å². The summed E-state index contributed by atoms with van der Waals surface area (Å²) in [6, 6.07) is 2.07. The summed E-state index contributed by atoms with van der Waals surface area (Å²) >= 11 is 6.30. The lowest BCUT2D eigenvalue weighted by Crippen LogP contribution is -2.20. The van der Waals surface area contributed by atoms with Gasteiger partial charge in [-0.05, 0) is 44.2 Å². The van der Waals surface area contributed by atoms with E-state index in [2.05, 4.69) is 31.7 Å². The maximum absolute atomic E-state index is 12.7. The second-order valence-corrected chi connectivity index (χ2v) is 8.30. The molecule has 0 bridgehead atoms. The topological polar surface area (TPSA) is 95.5 Å². The molecule has 9 nitrogen and oxygen atoms in total. The van der Waals surface area contributed by atoms with Gasteiger partial charge < -0.3 is 5.32 Å². The van der Waals surface area contributed by atoms with E-state index in [0.29, 0.717) is 23.3 Å². The maximum Gasteiger partial charge on any atom is 0.247 e. The summed E-state index contributed by atoms with van der Waals surface area (Å²) in [5, 5.41) is 17.5. The van der Waals surface area contributed by atoms with Gasteiger partial charge in [-0.3, -0.25) is 14.2 Å². The number of halogens is 1. The Morgan fingerprint density at radius 1 is 1.26 bits per heavy atom. The summed E-state index contributed by atoms with van der Waals surface area (Å²) in [5.41, 5.74) is 3.92. The third-order valence-electron chi connectivity index (χ3n) is 5.48. The second-order valence-electron chi connectivity index (χ2n) is 7.89. The Morgan fingerprint density at radius 2 is 2.10 bits per heavy atom. The van der Waals surface area contributed by atoms with Crippen LogP contribution < -0.4 is 5.32 Å². The minimum atomic E-state index is -0.256. The van der Waals surface area contributed by atoms with Crippen LogP contribution in [0.5, 0.6) is 0 Å². The summed E-state index contributed by atoms with van der Waals surface area (Å²) in [4.78, 5) is 17.2. The van der Waals surface area contributed by atoms with E-state index in [1.807, 2.05) is 24.7 Å². The van der Waals surface area contributed by atoms with E-state index in [1.54, 1.807) is 28.0 Å². The van der Waals surface area contributed by atoms with Crippen molar-refractivity contribution >= 4 is 34.4 Å². The molecule has 1 aliphatic carbocycles. The highest BCUT2D eigenvalue weighted by atomic mass is 35.5. The number of nitrogens with zero attached hydrogens (tertiary/aromatic N) is 7. The molecule has 0 aliphatic heterocycles. The predicted molar refractivity (Wildman–Crippen MR) is 117 cm³/mol. The van der Waals surface area contributed by atoms with Crippen LogP contribution in [0.25, 0.3) is 11.0 Å². The molecule has 1 N–H and O–H groups in total. The smallest absolute Gasteiger partial charge is 0.247 e. The minimum Gasteiger partial charge on any atom is -0.306 e. The van der Waals surface area contributed by atoms with E-state index < -0.39 is 0 Å². The van der Waals surface area contributed by atoms with Gasteiger partial charge in [0.05, 0.1) is 18.4 Å². The van der Waals surface area contributed by atoms with E-state index in [0.717, 1.165) is 28.8 Å². The molecule has 4 aromatic heterocycles. The van der Waals surface area contributed by atoms with E-state index in [1.165, 1.54) is 18.4 Å². The van der Waals surface area contributed by atoms with Crippen LogP contribution in [0.1, 0.15) is 42.5 Å². The first-order chi connectivity index (χ1) is 15.0. The van der Waals surface area contributed by atoms with Crippen LogP contribution in [-0.4, -0.2) is 40.2 Å². The molecule has 1 saturated carbocycles. The Balaban J connectivity index is 1.31. The number of hydrogen-bond acceptors (Lipinski definition) is 5. The Labute approximate surface area is 184 Å². The van der Waals surface area contributed by atoms with Crippen molar-refractivity contribution < 1.29 is 4.79 Å². The van der Waals surface area contributed by atoms with Crippen molar-refractivity contribution in [2.24, 2.45) is 0 Å². The zero-order chi connectivity index (χ0) is 21.5. The lowest BCUT2D eigenvalue weighted by molar-refractivity contribution is -0.116. The van der Waals surface area contributed by atoms with Gasteiger partial charge in [-0.15, -0.1) is 0 Å². The lowest BCUT2D eigenvalue weighted by Gasteiger charge is -2.05. The highest BCUT2D eigenvalue weighted by Gasteiger charge is 2.27. The van der Waals surface area contributed by atoms with Gasteiger partial charge in [-0.1, -0.05) is 11.6 Å². The van der Waals surface area contributed by atoms with Crippen molar-refractivity contribution in [3.63, 3.8) is 0 Å². The monoisotopic (exact) mass is 438 g/mol. The number of hydrogen-bond donors (Lipinski definition) is 1. The number of pyridine rings is 1. The molecule has 0 atom stereocenters. The number of amides is 1. The van der Waals surface area contributed by atoms with Gasteiger partial charge in [0.2, 0.25) is 5.91 Å². The summed E-state index contributed by atoms with van der Waals surface area (Å²) in [5.74, 6) is 0.659. The Kier molecular flexibility index (Phi) is 4.97. The number of carbonyl (C=O) groups is 1. The zero-order valence-electron chi connectivity index (χ0n) is 17.4. The van der Waals surface area contributed by atoms with E-state index in [4.69, 9.17) is 11.6 Å². The standard InChI is InChI=1S/C21H23ClN8O/c1-3-28-9-14(8-24-28)10-29-11-17(22)20(27-29)25-18(31)12-30-21-19(13(2)26-30)16(6-7-23-21)15-4-5-15/h6-9,11,15H,3-5,10,12H2,1-2H3,(H,25,27,31). The zero-order valence-corrected chi connectivity index (χ0v) is 18.2. The van der Waals surface area contributed by atoms with Crippen molar-refractivity contribution in [2.45, 2.75) is 52.2 Å². The summed E-state index contributed by atoms with van der Waals surface area (Å²) < 4.78 is 5.18. The van der Waals surface area contributed by atoms with Gasteiger partial charge in [0.1, 0.15) is 11.6 Å². The van der Waals surface area contributed by atoms with Crippen LogP contribution in [0.4, 0.5) is 5.82 Å². The highest BCUT2D eigenvalue weighted by Crippen LogP contribution is 2.43. The van der Waals surface area contributed by atoms with Crippen LogP contribution in [0.2, 0.25) is 5.02 Å². The molecule has 31 heavy (non-hydrogen) atoms. The molecular weight excluding hydrogens is 416 g/mol. The number of aromatic nitrogens is 7. The molecule has 4 aromatic rings. The van der Waals surface area contributed by atoms with E-state index in [9.17, 15) is 4.79 Å². The fourth-order valence-corrected chi connectivity index (χ4v) is 4.07. The Hall–Kier alpha value is -3.20. The van der Waals surface area contributed by atoms with Crippen molar-refractivity contribution in [2.75, 3.05) is 5.32 Å². The second kappa shape index (κ2) is 7.81. The summed E-state index contributed by atoms with van der Waals surface area (Å²) in [6.07, 6.45) is 9.64. The summed E-state index contributed by atoms with van der Waals surface area (Å²) in [6.45, 7) is 5.36. The molecule has 1 fully saturated rings. The number of carbonyl (C=O) groups excluding carboxylic acids is 1. The number of rotatable bonds is 7. The molecule has 10 heteroatoms. The highest BCUT2D eigenvalue weighted by molar-refractivity contribution is 6.33. The first-order valence-electron chi connectivity index (χ1n) is 10.4. The number of fused-ring (bicyclic) bond motifs is 1. The molecule has 1 aliphatic rings. The van der Waals surface area contributed by atoms with Crippen molar-refractivity contribution in [1.82, 2.24) is 34.3 Å². The molecule has 0 saturated heterocycles. The molecular formula is C21H23ClN8O. The number of nitrogens with one attached hydrogen (secondary N) is 1. The van der Waals surface area contributed by atoms with Gasteiger partial charge in [0, 0.05) is 36.1 Å². The number of aryl methyl sites for hydroxylation is 2. The molecule has 0 unspecified atom stereocenters. The van der Waals surface area contributed by atoms with Crippen molar-refractivity contribution in [1.29, 1.82) is 0 Å². The molecule has 0 radical (unpaired) electrons. The van der Waals surface area contributed by atoms with Crippen LogP contribution in [-0.2, 0) is 24.4 Å². The van der Waals surface area contributed by atoms with Gasteiger partial charge >= 0.3 is 0 Å². The van der Waals surface area contributed by atoms with Crippen LogP contribution in [0.15, 0.2) is 30.9 Å². The average molecular weight is 439 g/mol. The van der Waals surface area contributed by atoms with Crippen LogP contribution >= 0.6 is 11.6 Å². The van der Waals surface area contributed by atoms with Crippen molar-refractivity contribution in [3.8, 4) is 0 Å². The van der Waals surface area contributed by atoms with Gasteiger partial charge in [0.25, 0.3) is 0 Å². The third kappa shape index (κ3) is 3.93. The Bertz CT molecular complexity index is 1270. The van der Waals surface area contributed by atoms with Gasteiger partial charge in [-0.25, -0.2) is 9.67 Å². The van der Waals surface area contributed by atoms with Gasteiger partial charge in [-0.2, -0.15) is 15.3 Å². The molecule has 0 spiro atoms. The number of anilines is 1. The molecule has 5 rings (SSSR count). The fourth-order valence-electron chi connectivity index (χ4n) is 3.87. The molecule has 4 heterocycles. The first kappa shape index (κ1) is 19.7. The predicted octanol–water partition coefficient (Wildman–Crippen LogP) is 3.37. The maximum atomic E-state index is 12.7. The quantitative estimate of drug-likeness (QED) is 0.477. The molecule has 0 aromatic carbocycles. The van der Waals surface area contributed by atoms with E-state index >= 15 is 0 Å². The van der Waals surface area contributed by atoms with Crippen LogP contribution in [0, 0.1) is 6.92 Å². The summed E-state index contributed by atoms with van der Waals surface area (Å²) in [7, 11) is 0. The SMILES string of the molecule is CCn1cc(Cn2cc(Cl)c(NC(=O)Cn3nc(C)c4c(C5CC5)ccnc43)n2)cn1. The fraction of sp³-hybridized carbons (Fsp3) is 0.381. The van der Waals surface area contributed by atoms with Gasteiger partial charge in [0.15, 0.2) is 11.5 Å². The van der Waals surface area contributed by atoms with Crippen molar-refractivity contribution in [3.05, 3.63) is 52.7 Å². The minimum absolute atomic E-state index is 0.0396.